The highest BCUT2D eigenvalue weighted by Crippen LogP contribution is 2.17. The molecule has 0 aliphatic rings. The summed E-state index contributed by atoms with van der Waals surface area (Å²) in [6.07, 6.45) is 2.40. The first-order chi connectivity index (χ1) is 7.25. The smallest absolute Gasteiger partial charge is 0.186 e. The summed E-state index contributed by atoms with van der Waals surface area (Å²) in [5, 5.41) is 7.63. The van der Waals surface area contributed by atoms with Gasteiger partial charge in [-0.15, -0.1) is 0 Å². The topological polar surface area (TPSA) is 68.5 Å². The molecule has 6 nitrogen and oxygen atoms in total. The second-order valence-electron chi connectivity index (χ2n) is 2.91. The molecule has 0 unspecified atom stereocenters. The molecule has 15 heavy (non-hydrogen) atoms. The van der Waals surface area contributed by atoms with Crippen LogP contribution in [0.25, 0.3) is 0 Å². The van der Waals surface area contributed by atoms with E-state index in [0.29, 0.717) is 17.5 Å². The molecule has 0 aliphatic carbocycles. The van der Waals surface area contributed by atoms with Crippen LogP contribution < -0.4 is 5.32 Å². The Balaban J connectivity index is 1.83. The highest BCUT2D eigenvalue weighted by atomic mass is 35.5. The molecule has 80 valence electrons. The Kier molecular flexibility index (Phi) is 3.12. The largest absolute Gasteiger partial charge is 0.366 e. The third-order valence-electron chi connectivity index (χ3n) is 1.74. The zero-order chi connectivity index (χ0) is 10.7. The molecule has 0 aliphatic heterocycles. The molecular formula is C7H9ClN6S. The average Bonchev–Trinajstić information content (AvgIpc) is 2.77. The van der Waals surface area contributed by atoms with E-state index in [-0.39, 0.29) is 0 Å². The van der Waals surface area contributed by atoms with Crippen LogP contribution in [0.15, 0.2) is 6.33 Å². The SMILES string of the molecule is Cn1cnc(CCNc2nsnc2Cl)n1. The van der Waals surface area contributed by atoms with E-state index in [2.05, 4.69) is 24.1 Å². The summed E-state index contributed by atoms with van der Waals surface area (Å²) in [4.78, 5) is 4.10. The number of aromatic nitrogens is 5. The molecule has 8 heteroatoms. The van der Waals surface area contributed by atoms with Crippen molar-refractivity contribution < 1.29 is 0 Å². The van der Waals surface area contributed by atoms with Gasteiger partial charge in [0, 0.05) is 20.0 Å². The van der Waals surface area contributed by atoms with Crippen LogP contribution in [0.4, 0.5) is 5.82 Å². The predicted molar refractivity (Wildman–Crippen MR) is 58.1 cm³/mol. The van der Waals surface area contributed by atoms with Gasteiger partial charge in [0.1, 0.15) is 6.33 Å². The number of nitrogens with one attached hydrogen (secondary N) is 1. The molecule has 0 amide bonds. The van der Waals surface area contributed by atoms with Gasteiger partial charge in [0.15, 0.2) is 16.8 Å². The summed E-state index contributed by atoms with van der Waals surface area (Å²) in [6.45, 7) is 0.690. The second-order valence-corrected chi connectivity index (χ2v) is 3.80. The number of nitrogens with zero attached hydrogens (tertiary/aromatic N) is 5. The van der Waals surface area contributed by atoms with E-state index in [1.165, 1.54) is 0 Å². The van der Waals surface area contributed by atoms with Crippen LogP contribution in [-0.4, -0.2) is 30.1 Å². The van der Waals surface area contributed by atoms with E-state index < -0.39 is 0 Å². The van der Waals surface area contributed by atoms with Crippen molar-refractivity contribution in [3.8, 4) is 0 Å². The summed E-state index contributed by atoms with van der Waals surface area (Å²) in [7, 11) is 1.84. The Labute approximate surface area is 95.6 Å². The Hall–Kier alpha value is -1.21. The van der Waals surface area contributed by atoms with Crippen LogP contribution in [0.1, 0.15) is 5.82 Å². The number of hydrogen-bond acceptors (Lipinski definition) is 6. The Bertz CT molecular complexity index is 438. The molecular weight excluding hydrogens is 236 g/mol. The van der Waals surface area contributed by atoms with Crippen molar-refractivity contribution in [3.05, 3.63) is 17.3 Å². The van der Waals surface area contributed by atoms with Crippen molar-refractivity contribution in [1.82, 2.24) is 23.5 Å². The summed E-state index contributed by atoms with van der Waals surface area (Å²) in [5.41, 5.74) is 0. The highest BCUT2D eigenvalue weighted by Gasteiger charge is 2.04. The molecule has 0 radical (unpaired) electrons. The van der Waals surface area contributed by atoms with Crippen molar-refractivity contribution in [2.24, 2.45) is 7.05 Å². The van der Waals surface area contributed by atoms with Crippen LogP contribution in [-0.2, 0) is 13.5 Å². The van der Waals surface area contributed by atoms with Gasteiger partial charge in [0.05, 0.1) is 11.7 Å². The van der Waals surface area contributed by atoms with Gasteiger partial charge in [-0.25, -0.2) is 4.98 Å². The van der Waals surface area contributed by atoms with Crippen molar-refractivity contribution in [1.29, 1.82) is 0 Å². The maximum absolute atomic E-state index is 5.76. The fraction of sp³-hybridized carbons (Fsp3) is 0.429. The third kappa shape index (κ3) is 2.63. The average molecular weight is 245 g/mol. The fourth-order valence-electron chi connectivity index (χ4n) is 1.07. The minimum Gasteiger partial charge on any atom is -0.366 e. The van der Waals surface area contributed by atoms with E-state index >= 15 is 0 Å². The maximum atomic E-state index is 5.76. The van der Waals surface area contributed by atoms with E-state index in [9.17, 15) is 0 Å². The number of aryl methyl sites for hydroxylation is 1. The first-order valence-electron chi connectivity index (χ1n) is 4.32. The van der Waals surface area contributed by atoms with Crippen LogP contribution in [0.2, 0.25) is 5.15 Å². The predicted octanol–water partition coefficient (Wildman–Crippen LogP) is 0.975. The first kappa shape index (κ1) is 10.3. The summed E-state index contributed by atoms with van der Waals surface area (Å²) >= 11 is 6.85. The molecule has 0 bridgehead atoms. The lowest BCUT2D eigenvalue weighted by atomic mass is 10.4. The van der Waals surface area contributed by atoms with Crippen LogP contribution in [0.3, 0.4) is 0 Å². The number of rotatable bonds is 4. The summed E-state index contributed by atoms with van der Waals surface area (Å²) < 4.78 is 9.51. The van der Waals surface area contributed by atoms with Crippen molar-refractivity contribution in [2.45, 2.75) is 6.42 Å². The standard InChI is InChI=1S/C7H9ClN6S/c1-14-4-10-5(11-14)2-3-9-7-6(8)12-15-13-7/h4H,2-3H2,1H3,(H,9,13). The van der Waals surface area contributed by atoms with Gasteiger partial charge in [-0.1, -0.05) is 11.6 Å². The quantitative estimate of drug-likeness (QED) is 0.868. The number of anilines is 1. The van der Waals surface area contributed by atoms with Crippen molar-refractivity contribution >= 4 is 29.1 Å². The third-order valence-corrected chi connectivity index (χ3v) is 2.63. The van der Waals surface area contributed by atoms with Gasteiger partial charge in [0.2, 0.25) is 0 Å². The van der Waals surface area contributed by atoms with Gasteiger partial charge < -0.3 is 5.32 Å². The normalized spacial score (nSPS) is 10.5. The van der Waals surface area contributed by atoms with E-state index in [1.54, 1.807) is 11.0 Å². The molecule has 0 saturated carbocycles. The molecule has 2 aromatic heterocycles. The van der Waals surface area contributed by atoms with E-state index in [4.69, 9.17) is 11.6 Å². The van der Waals surface area contributed by atoms with E-state index in [0.717, 1.165) is 24.0 Å². The van der Waals surface area contributed by atoms with E-state index in [1.807, 2.05) is 7.05 Å². The molecule has 1 N–H and O–H groups in total. The molecule has 2 heterocycles. The minimum atomic E-state index is 0.411. The van der Waals surface area contributed by atoms with Gasteiger partial charge in [0.25, 0.3) is 0 Å². The van der Waals surface area contributed by atoms with Gasteiger partial charge in [-0.05, 0) is 0 Å². The van der Waals surface area contributed by atoms with Gasteiger partial charge >= 0.3 is 0 Å². The molecule has 0 spiro atoms. The Morgan fingerprint density at radius 1 is 1.53 bits per heavy atom. The maximum Gasteiger partial charge on any atom is 0.186 e. The Morgan fingerprint density at radius 2 is 2.40 bits per heavy atom. The molecule has 0 atom stereocenters. The van der Waals surface area contributed by atoms with Crippen molar-refractivity contribution in [2.75, 3.05) is 11.9 Å². The molecule has 0 saturated heterocycles. The number of hydrogen-bond donors (Lipinski definition) is 1. The van der Waals surface area contributed by atoms with Crippen LogP contribution >= 0.6 is 23.3 Å². The lowest BCUT2D eigenvalue weighted by molar-refractivity contribution is 0.742. The monoisotopic (exact) mass is 244 g/mol. The lowest BCUT2D eigenvalue weighted by Crippen LogP contribution is -2.06. The Morgan fingerprint density at radius 3 is 3.00 bits per heavy atom. The van der Waals surface area contributed by atoms with Crippen LogP contribution in [0.5, 0.6) is 0 Å². The lowest BCUT2D eigenvalue weighted by Gasteiger charge is -1.99. The van der Waals surface area contributed by atoms with Crippen molar-refractivity contribution in [3.63, 3.8) is 0 Å². The molecule has 2 aromatic rings. The molecule has 0 fully saturated rings. The minimum absolute atomic E-state index is 0.411. The fourth-order valence-corrected chi connectivity index (χ4v) is 1.76. The zero-order valence-electron chi connectivity index (χ0n) is 8.01. The number of halogens is 1. The highest BCUT2D eigenvalue weighted by molar-refractivity contribution is 6.99. The molecule has 2 rings (SSSR count). The van der Waals surface area contributed by atoms with Gasteiger partial charge in [-0.2, -0.15) is 13.8 Å². The summed E-state index contributed by atoms with van der Waals surface area (Å²) in [5.74, 6) is 1.42. The first-order valence-corrected chi connectivity index (χ1v) is 5.43. The zero-order valence-corrected chi connectivity index (χ0v) is 9.59. The summed E-state index contributed by atoms with van der Waals surface area (Å²) in [6, 6.07) is 0. The molecule has 0 aromatic carbocycles. The second kappa shape index (κ2) is 4.54. The van der Waals surface area contributed by atoms with Crippen LogP contribution in [0, 0.1) is 0 Å². The van der Waals surface area contributed by atoms with Gasteiger partial charge in [-0.3, -0.25) is 4.68 Å².